The van der Waals surface area contributed by atoms with Crippen LogP contribution in [0.15, 0.2) is 12.7 Å². The highest BCUT2D eigenvalue weighted by Gasteiger charge is 2.31. The van der Waals surface area contributed by atoms with Crippen molar-refractivity contribution in [2.24, 2.45) is 0 Å². The lowest BCUT2D eigenvalue weighted by Crippen LogP contribution is -2.37. The monoisotopic (exact) mass is 181 g/mol. The second-order valence-corrected chi connectivity index (χ2v) is 2.17. The fraction of sp³-hybridized carbons (Fsp3) is 0.571. The number of halogens is 3. The van der Waals surface area contributed by atoms with E-state index in [0.29, 0.717) is 4.90 Å². The number of alkyl halides is 3. The van der Waals surface area contributed by atoms with Crippen LogP contribution in [0.5, 0.6) is 0 Å². The zero-order valence-electron chi connectivity index (χ0n) is 6.69. The van der Waals surface area contributed by atoms with Crippen molar-refractivity contribution in [3.8, 4) is 0 Å². The van der Waals surface area contributed by atoms with Crippen molar-refractivity contribution in [3.63, 3.8) is 0 Å². The number of rotatable bonds is 3. The summed E-state index contributed by atoms with van der Waals surface area (Å²) in [5, 5.41) is 0. The highest BCUT2D eigenvalue weighted by atomic mass is 19.4. The van der Waals surface area contributed by atoms with E-state index in [2.05, 4.69) is 6.58 Å². The molecule has 5 heteroatoms. The van der Waals surface area contributed by atoms with Crippen LogP contribution < -0.4 is 0 Å². The highest BCUT2D eigenvalue weighted by molar-refractivity contribution is 5.86. The Morgan fingerprint density at radius 2 is 2.08 bits per heavy atom. The number of carbonyl (C=O) groups is 1. The molecule has 0 aliphatic carbocycles. The minimum Gasteiger partial charge on any atom is -0.330 e. The normalized spacial score (nSPS) is 11.0. The SMILES string of the molecule is C=CC(=O)N(CC)CC(F)(F)F. The van der Waals surface area contributed by atoms with Crippen molar-refractivity contribution < 1.29 is 18.0 Å². The molecular formula is C7H10F3NO. The summed E-state index contributed by atoms with van der Waals surface area (Å²) in [6, 6.07) is 0. The van der Waals surface area contributed by atoms with Gasteiger partial charge in [0.25, 0.3) is 0 Å². The third-order valence-corrected chi connectivity index (χ3v) is 1.24. The van der Waals surface area contributed by atoms with Crippen LogP contribution in [0.3, 0.4) is 0 Å². The van der Waals surface area contributed by atoms with Gasteiger partial charge in [-0.2, -0.15) is 13.2 Å². The predicted octanol–water partition coefficient (Wildman–Crippen LogP) is 1.58. The van der Waals surface area contributed by atoms with E-state index < -0.39 is 18.6 Å². The Labute approximate surface area is 68.7 Å². The Morgan fingerprint density at radius 3 is 2.33 bits per heavy atom. The summed E-state index contributed by atoms with van der Waals surface area (Å²) in [5.41, 5.74) is 0. The summed E-state index contributed by atoms with van der Waals surface area (Å²) in [7, 11) is 0. The lowest BCUT2D eigenvalue weighted by molar-refractivity contribution is -0.157. The van der Waals surface area contributed by atoms with Crippen LogP contribution in [0.25, 0.3) is 0 Å². The van der Waals surface area contributed by atoms with Crippen LogP contribution in [0.4, 0.5) is 13.2 Å². The van der Waals surface area contributed by atoms with Gasteiger partial charge in [0.1, 0.15) is 6.54 Å². The van der Waals surface area contributed by atoms with Crippen molar-refractivity contribution >= 4 is 5.91 Å². The molecule has 2 nitrogen and oxygen atoms in total. The molecule has 0 aliphatic rings. The molecule has 0 fully saturated rings. The second kappa shape index (κ2) is 4.13. The zero-order valence-corrected chi connectivity index (χ0v) is 6.69. The first-order valence-corrected chi connectivity index (χ1v) is 3.38. The van der Waals surface area contributed by atoms with Crippen LogP contribution in [0.1, 0.15) is 6.92 Å². The van der Waals surface area contributed by atoms with Gasteiger partial charge in [-0.05, 0) is 13.0 Å². The van der Waals surface area contributed by atoms with Crippen LogP contribution in [0.2, 0.25) is 0 Å². The summed E-state index contributed by atoms with van der Waals surface area (Å²) in [5.74, 6) is -0.699. The maximum Gasteiger partial charge on any atom is 0.406 e. The Balaban J connectivity index is 4.18. The quantitative estimate of drug-likeness (QED) is 0.605. The average molecular weight is 181 g/mol. The van der Waals surface area contributed by atoms with Crippen LogP contribution in [-0.2, 0) is 4.79 Å². The molecule has 12 heavy (non-hydrogen) atoms. The molecule has 0 N–H and O–H groups in total. The second-order valence-electron chi connectivity index (χ2n) is 2.17. The number of nitrogens with zero attached hydrogens (tertiary/aromatic N) is 1. The predicted molar refractivity (Wildman–Crippen MR) is 38.5 cm³/mol. The Hall–Kier alpha value is -1.00. The maximum atomic E-state index is 11.8. The van der Waals surface area contributed by atoms with Crippen LogP contribution in [0, 0.1) is 0 Å². The molecule has 0 radical (unpaired) electrons. The van der Waals surface area contributed by atoms with Crippen LogP contribution in [-0.4, -0.2) is 30.1 Å². The minimum absolute atomic E-state index is 0.0321. The summed E-state index contributed by atoms with van der Waals surface area (Å²) >= 11 is 0. The van der Waals surface area contributed by atoms with Gasteiger partial charge in [0.15, 0.2) is 0 Å². The van der Waals surface area contributed by atoms with E-state index in [1.165, 1.54) is 6.92 Å². The molecule has 0 heterocycles. The van der Waals surface area contributed by atoms with Crippen molar-refractivity contribution in [1.29, 1.82) is 0 Å². The number of carbonyl (C=O) groups excluding carboxylic acids is 1. The largest absolute Gasteiger partial charge is 0.406 e. The van der Waals surface area contributed by atoms with E-state index in [9.17, 15) is 18.0 Å². The summed E-state index contributed by atoms with van der Waals surface area (Å²) in [6.07, 6.45) is -3.47. The minimum atomic E-state index is -4.34. The highest BCUT2D eigenvalue weighted by Crippen LogP contribution is 2.16. The van der Waals surface area contributed by atoms with Gasteiger partial charge in [-0.1, -0.05) is 6.58 Å². The van der Waals surface area contributed by atoms with E-state index in [4.69, 9.17) is 0 Å². The van der Waals surface area contributed by atoms with Gasteiger partial charge in [-0.3, -0.25) is 4.79 Å². The maximum absolute atomic E-state index is 11.8. The zero-order chi connectivity index (χ0) is 9.78. The summed E-state index contributed by atoms with van der Waals surface area (Å²) in [4.78, 5) is 11.4. The van der Waals surface area contributed by atoms with Crippen LogP contribution >= 0.6 is 0 Å². The molecule has 0 aliphatic heterocycles. The Kier molecular flexibility index (Phi) is 3.79. The van der Waals surface area contributed by atoms with Gasteiger partial charge in [0.2, 0.25) is 5.91 Å². The molecule has 0 unspecified atom stereocenters. The van der Waals surface area contributed by atoms with Gasteiger partial charge in [0, 0.05) is 6.54 Å². The summed E-state index contributed by atoms with van der Waals surface area (Å²) in [6.45, 7) is 3.40. The number of amides is 1. The van der Waals surface area contributed by atoms with Gasteiger partial charge < -0.3 is 4.90 Å². The molecule has 0 bridgehead atoms. The Bertz CT molecular complexity index is 176. The molecule has 0 spiro atoms. The molecule has 70 valence electrons. The van der Waals surface area contributed by atoms with Crippen molar-refractivity contribution in [3.05, 3.63) is 12.7 Å². The molecule has 0 rings (SSSR count). The van der Waals surface area contributed by atoms with E-state index >= 15 is 0 Å². The lowest BCUT2D eigenvalue weighted by atomic mass is 10.4. The number of likely N-dealkylation sites (N-methyl/N-ethyl adjacent to an activating group) is 1. The third kappa shape index (κ3) is 4.00. The van der Waals surface area contributed by atoms with Gasteiger partial charge in [-0.15, -0.1) is 0 Å². The Morgan fingerprint density at radius 1 is 1.58 bits per heavy atom. The first kappa shape index (κ1) is 11.0. The topological polar surface area (TPSA) is 20.3 Å². The van der Waals surface area contributed by atoms with E-state index in [1.54, 1.807) is 0 Å². The molecular weight excluding hydrogens is 171 g/mol. The van der Waals surface area contributed by atoms with Crippen molar-refractivity contribution in [2.75, 3.05) is 13.1 Å². The van der Waals surface area contributed by atoms with Crippen molar-refractivity contribution in [1.82, 2.24) is 4.90 Å². The number of hydrogen-bond donors (Lipinski definition) is 0. The van der Waals surface area contributed by atoms with E-state index in [-0.39, 0.29) is 6.54 Å². The lowest BCUT2D eigenvalue weighted by Gasteiger charge is -2.20. The van der Waals surface area contributed by atoms with E-state index in [0.717, 1.165) is 6.08 Å². The van der Waals surface area contributed by atoms with Gasteiger partial charge in [-0.25, -0.2) is 0 Å². The molecule has 0 saturated carbocycles. The molecule has 0 atom stereocenters. The van der Waals surface area contributed by atoms with Gasteiger partial charge in [0.05, 0.1) is 0 Å². The average Bonchev–Trinajstić information content (AvgIpc) is 1.97. The smallest absolute Gasteiger partial charge is 0.330 e. The fourth-order valence-electron chi connectivity index (χ4n) is 0.691. The fourth-order valence-corrected chi connectivity index (χ4v) is 0.691. The molecule has 0 aromatic heterocycles. The molecule has 0 aromatic rings. The van der Waals surface area contributed by atoms with Gasteiger partial charge >= 0.3 is 6.18 Å². The third-order valence-electron chi connectivity index (χ3n) is 1.24. The van der Waals surface area contributed by atoms with E-state index in [1.807, 2.05) is 0 Å². The number of hydrogen-bond acceptors (Lipinski definition) is 1. The molecule has 0 saturated heterocycles. The molecule has 1 amide bonds. The standard InChI is InChI=1S/C7H10F3NO/c1-3-6(12)11(4-2)5-7(8,9)10/h3H,1,4-5H2,2H3. The molecule has 0 aromatic carbocycles. The summed E-state index contributed by atoms with van der Waals surface area (Å²) < 4.78 is 35.3. The first-order chi connectivity index (χ1) is 5.40. The van der Waals surface area contributed by atoms with Crippen molar-refractivity contribution in [2.45, 2.75) is 13.1 Å². The first-order valence-electron chi connectivity index (χ1n) is 3.38.